The van der Waals surface area contributed by atoms with Crippen LogP contribution in [0.2, 0.25) is 10.3 Å². The Bertz CT molecular complexity index is 4510. The van der Waals surface area contributed by atoms with Crippen molar-refractivity contribution in [1.29, 1.82) is 5.41 Å². The van der Waals surface area contributed by atoms with Gasteiger partial charge in [-0.25, -0.2) is 24.7 Å². The number of carbonyl (C=O) groups is 3. The molecule has 0 aliphatic carbocycles. The Morgan fingerprint density at radius 2 is 0.762 bits per heavy atom. The molecule has 9 atom stereocenters. The van der Waals surface area contributed by atoms with Crippen LogP contribution in [0.15, 0.2) is 199 Å². The van der Waals surface area contributed by atoms with E-state index in [1.54, 1.807) is 6.26 Å². The van der Waals surface area contributed by atoms with Crippen LogP contribution in [-0.2, 0) is 49.9 Å². The molecule has 7 aromatic carbocycles. The van der Waals surface area contributed by atoms with Gasteiger partial charge in [0.2, 0.25) is 0 Å². The molecule has 9 rings (SSSR count). The number of nitrogen functional groups attached to an aromatic ring is 4. The molecule has 0 saturated carbocycles. The topological polar surface area (TPSA) is 437 Å². The number of carbonyl (C=O) groups excluding carboxylic acids is 3. The molecular weight excluding hydrogens is 1710 g/mol. The fourth-order valence-corrected chi connectivity index (χ4v) is 13.8. The predicted octanol–water partition coefficient (Wildman–Crippen LogP) is 15.5. The van der Waals surface area contributed by atoms with E-state index in [9.17, 15) is 29.7 Å². The molecule has 3 amide bonds. The summed E-state index contributed by atoms with van der Waals surface area (Å²) in [6, 6.07) is 66.9. The Hall–Kier alpha value is -9.37. The van der Waals surface area contributed by atoms with Gasteiger partial charge in [-0.3, -0.25) is 25.3 Å². The number of aliphatic hydroxyl groups is 3. The number of anilines is 4. The van der Waals surface area contributed by atoms with Gasteiger partial charge in [0.05, 0.1) is 18.3 Å². The van der Waals surface area contributed by atoms with E-state index in [0.717, 1.165) is 150 Å². The van der Waals surface area contributed by atoms with Gasteiger partial charge in [0, 0.05) is 49.3 Å². The SMILES string of the molecule is CSC(=N)NC(=O)c1nc(Cl)c(N)nc1N.C[C@H](N[C@@H](C)CCCc1ccc(CCCCN)cc1)[C@H](O)c1ccccc1.C[C@H](N[C@@H](C)CCCc1ccc(CCCCN=C(N)NC(=O)c2nc(Cl)c(N)nc2N)cc1)[C@H](O)c1ccccc1.C[C@H](N[C@@H](C)CCCc1ccc(CCCCNC(=O)OCc2ccccc2)cc1)[C@H](O)c1ccccc1.I. The largest absolute Gasteiger partial charge is 0.445 e. The van der Waals surface area contributed by atoms with E-state index in [-0.39, 0.29) is 104 Å². The van der Waals surface area contributed by atoms with Crippen molar-refractivity contribution in [3.63, 3.8) is 0 Å². The number of alkyl carbamates (subject to hydrolysis) is 1. The first kappa shape index (κ1) is 103. The normalized spacial score (nSPS) is 13.3. The summed E-state index contributed by atoms with van der Waals surface area (Å²) in [7, 11) is 0. The Morgan fingerprint density at radius 3 is 1.11 bits per heavy atom. The van der Waals surface area contributed by atoms with Crippen LogP contribution in [0.25, 0.3) is 0 Å². The van der Waals surface area contributed by atoms with E-state index in [1.807, 2.05) is 135 Å². The van der Waals surface area contributed by atoms with E-state index < -0.39 is 30.1 Å². The molecule has 0 aliphatic rings. The molecule has 0 unspecified atom stereocenters. The maximum absolute atomic E-state index is 12.3. The first-order valence-electron chi connectivity index (χ1n) is 41.8. The Kier molecular flexibility index (Phi) is 49.0. The molecule has 0 radical (unpaired) electrons. The van der Waals surface area contributed by atoms with Gasteiger partial charge >= 0.3 is 6.09 Å². The Balaban J connectivity index is 0.000000301. The second-order valence-electron chi connectivity index (χ2n) is 30.4. The number of amides is 3. The van der Waals surface area contributed by atoms with Crippen LogP contribution in [0, 0.1) is 5.41 Å². The molecule has 0 aliphatic heterocycles. The number of thioether (sulfide) groups is 1. The van der Waals surface area contributed by atoms with E-state index in [2.05, 4.69) is 157 Å². The zero-order chi connectivity index (χ0) is 87.9. The lowest BCUT2D eigenvalue weighted by atomic mass is 10.0. The average molecular weight is 1840 g/mol. The number of aliphatic hydroxyl groups excluding tert-OH is 3. The van der Waals surface area contributed by atoms with Gasteiger partial charge in [0.15, 0.2) is 56.1 Å². The number of aromatic nitrogens is 4. The number of guanidine groups is 1. The summed E-state index contributed by atoms with van der Waals surface area (Å²) in [4.78, 5) is 54.8. The quantitative estimate of drug-likeness (QED) is 0.00731. The van der Waals surface area contributed by atoms with E-state index in [4.69, 9.17) is 67.8 Å². The number of nitrogens with two attached hydrogens (primary N) is 6. The summed E-state index contributed by atoms with van der Waals surface area (Å²) < 4.78 is 5.24. The number of aryl methyl sites for hydroxylation is 6. The molecule has 122 heavy (non-hydrogen) atoms. The van der Waals surface area contributed by atoms with Crippen LogP contribution in [0.5, 0.6) is 0 Å². The third-order valence-electron chi connectivity index (χ3n) is 20.2. The van der Waals surface area contributed by atoms with Gasteiger partial charge in [-0.05, 0) is 226 Å². The van der Waals surface area contributed by atoms with Crippen molar-refractivity contribution in [3.8, 4) is 0 Å². The minimum Gasteiger partial charge on any atom is -0.445 e. The Morgan fingerprint density at radius 1 is 0.443 bits per heavy atom. The average Bonchev–Trinajstić information content (AvgIpc) is 0.836. The molecule has 2 aromatic heterocycles. The van der Waals surface area contributed by atoms with Crippen LogP contribution in [0.3, 0.4) is 0 Å². The van der Waals surface area contributed by atoms with Crippen molar-refractivity contribution >= 4 is 111 Å². The number of unbranched alkanes of at least 4 members (excludes halogenated alkanes) is 3. The summed E-state index contributed by atoms with van der Waals surface area (Å²) in [6.07, 6.45) is 18.5. The van der Waals surface area contributed by atoms with Gasteiger partial charge in [0.1, 0.15) is 6.61 Å². The molecule has 0 bridgehead atoms. The molecule has 29 heteroatoms. The number of rotatable bonds is 42. The number of ether oxygens (including phenoxy) is 1. The second-order valence-corrected chi connectivity index (χ2v) is 31.9. The fraction of sp³-hybridized carbons (Fsp3) is 0.409. The molecular formula is C93H129Cl2IN18O7S. The third-order valence-corrected chi connectivity index (χ3v) is 21.3. The minimum absolute atomic E-state index is 0. The fourth-order valence-electron chi connectivity index (χ4n) is 13.3. The predicted molar refractivity (Wildman–Crippen MR) is 511 cm³/mol. The van der Waals surface area contributed by atoms with Crippen LogP contribution in [-0.4, -0.2) is 126 Å². The highest BCUT2D eigenvalue weighted by Crippen LogP contribution is 2.24. The van der Waals surface area contributed by atoms with Crippen LogP contribution in [0.1, 0.15) is 214 Å². The van der Waals surface area contributed by atoms with E-state index in [0.29, 0.717) is 37.8 Å². The van der Waals surface area contributed by atoms with Crippen molar-refractivity contribution in [2.75, 3.05) is 48.8 Å². The lowest BCUT2D eigenvalue weighted by Gasteiger charge is -2.24. The number of hydrogen-bond acceptors (Lipinski definition) is 22. The van der Waals surface area contributed by atoms with Crippen molar-refractivity contribution in [2.24, 2.45) is 16.5 Å². The number of aliphatic imine (C=N–C) groups is 1. The van der Waals surface area contributed by atoms with Crippen molar-refractivity contribution < 1.29 is 34.4 Å². The summed E-state index contributed by atoms with van der Waals surface area (Å²) in [5, 5.41) is 56.8. The lowest BCUT2D eigenvalue weighted by molar-refractivity contribution is 0.0964. The smallest absolute Gasteiger partial charge is 0.407 e. The standard InChI is InChI=1S/C32H42N2O3.C30H41ClN8O2.C24H36N2O.C7H9ClN6OS.HI/c1-25(34-26(2)31(35)30-17-7-4-8-18-30)12-11-16-28-21-19-27(20-22-28)13-9-10-23-33-32(36)37-24-29-14-5-3-6-15-29;1-19(36-20(2)25(40)23-12-4-3-5-13-23)9-8-11-22-16-14-21(15-17-22)10-6-7-18-35-30(34)39-29(41)24-27(32)38-28(33)26(31)37-24;1-19(26-20(2)24(27)23-12-4-3-5-13-23)9-8-11-22-16-14-21(15-17-22)10-6-7-18-25;1-16-7(11)14-6(15)2-4(9)13-5(10)3(8)12-2;/h3-8,14-15,17-22,25-26,31,34-35H,9-13,16,23-24H2,1-2H3,(H,33,36);3-5,12-17,19-20,25,36,40H,6-11,18H2,1-2H3,(H4,32,33,38)(H3,34,35,39,41);3-5,12-17,19-20,24,26-27H,6-11,18,25H2,1-2H3;1H3,(H4,9,10,13)(H2,11,14,15);1H/t25-,26-,31-;19-,20-,25-;19-,20-,24-;;/m000../s1. The molecule has 25 nitrogen and oxygen atoms in total. The van der Waals surface area contributed by atoms with Crippen LogP contribution in [0.4, 0.5) is 28.1 Å². The molecule has 660 valence electrons. The van der Waals surface area contributed by atoms with Crippen LogP contribution < -0.4 is 66.3 Å². The van der Waals surface area contributed by atoms with Gasteiger partial charge in [-0.15, -0.1) is 24.0 Å². The molecule has 9 aromatic rings. The molecule has 22 N–H and O–H groups in total. The molecule has 0 spiro atoms. The maximum atomic E-state index is 12.3. The lowest BCUT2D eigenvalue weighted by Crippen LogP contribution is -2.38. The number of nitrogens with zero attached hydrogens (tertiary/aromatic N) is 5. The van der Waals surface area contributed by atoms with Crippen LogP contribution >= 0.6 is 58.9 Å². The summed E-state index contributed by atoms with van der Waals surface area (Å²) in [6.45, 7) is 14.9. The highest BCUT2D eigenvalue weighted by Gasteiger charge is 2.23. The first-order valence-corrected chi connectivity index (χ1v) is 43.8. The number of halogens is 3. The summed E-state index contributed by atoms with van der Waals surface area (Å²) in [5.41, 5.74) is 45.0. The monoisotopic (exact) mass is 1840 g/mol. The van der Waals surface area contributed by atoms with E-state index in [1.165, 1.54) is 39.8 Å². The number of amidine groups is 1. The highest BCUT2D eigenvalue weighted by molar-refractivity contribution is 14.0. The van der Waals surface area contributed by atoms with Gasteiger partial charge in [-0.1, -0.05) is 229 Å². The number of hydrogen-bond donors (Lipinski definition) is 16. The summed E-state index contributed by atoms with van der Waals surface area (Å²) in [5.74, 6) is -1.70. The summed E-state index contributed by atoms with van der Waals surface area (Å²) >= 11 is 12.5. The zero-order valence-corrected chi connectivity index (χ0v) is 76.1. The third kappa shape index (κ3) is 39.9. The molecule has 0 saturated heterocycles. The van der Waals surface area contributed by atoms with Gasteiger partial charge in [0.25, 0.3) is 11.8 Å². The molecule has 2 heterocycles. The van der Waals surface area contributed by atoms with Crippen molar-refractivity contribution in [2.45, 2.75) is 218 Å². The second kappa shape index (κ2) is 57.9. The van der Waals surface area contributed by atoms with Crippen molar-refractivity contribution in [1.82, 2.24) is 51.8 Å². The van der Waals surface area contributed by atoms with Gasteiger partial charge in [-0.2, -0.15) is 0 Å². The first-order chi connectivity index (χ1) is 58.2. The number of benzene rings is 7. The van der Waals surface area contributed by atoms with Gasteiger partial charge < -0.3 is 81.0 Å². The Labute approximate surface area is 752 Å². The molecule has 0 fully saturated rings. The highest BCUT2D eigenvalue weighted by atomic mass is 127. The zero-order valence-electron chi connectivity index (χ0n) is 71.5. The van der Waals surface area contributed by atoms with Crippen molar-refractivity contribution in [3.05, 3.63) is 271 Å². The number of nitrogens with one attached hydrogen (secondary N) is 7. The van der Waals surface area contributed by atoms with E-state index >= 15 is 0 Å². The minimum atomic E-state index is -0.652. The maximum Gasteiger partial charge on any atom is 0.407 e.